The van der Waals surface area contributed by atoms with E-state index in [2.05, 4.69) is 18.8 Å². The molecule has 0 saturated carbocycles. The highest BCUT2D eigenvalue weighted by Crippen LogP contribution is 2.32. The molecule has 1 heterocycles. The first kappa shape index (κ1) is 13.0. The Bertz CT molecular complexity index is 417. The van der Waals surface area contributed by atoms with E-state index in [0.29, 0.717) is 6.61 Å². The van der Waals surface area contributed by atoms with E-state index >= 15 is 0 Å². The van der Waals surface area contributed by atoms with Crippen molar-refractivity contribution in [3.63, 3.8) is 0 Å². The lowest BCUT2D eigenvalue weighted by atomic mass is 10.0. The topological polar surface area (TPSA) is 30.5 Å². The number of para-hydroxylation sites is 2. The van der Waals surface area contributed by atoms with Crippen molar-refractivity contribution in [2.24, 2.45) is 0 Å². The first-order valence-corrected chi connectivity index (χ1v) is 6.49. The largest absolute Gasteiger partial charge is 0.486 e. The van der Waals surface area contributed by atoms with Crippen molar-refractivity contribution in [3.8, 4) is 11.5 Å². The monoisotopic (exact) mass is 247 g/mol. The SMILES string of the molecule is C=C(C)C(NCCC)C1COc2ccccc2O1. The fourth-order valence-corrected chi connectivity index (χ4v) is 2.12. The van der Waals surface area contributed by atoms with Gasteiger partial charge in [-0.1, -0.05) is 31.2 Å². The van der Waals surface area contributed by atoms with E-state index in [4.69, 9.17) is 9.47 Å². The third-order valence-corrected chi connectivity index (χ3v) is 3.05. The van der Waals surface area contributed by atoms with Crippen LogP contribution in [-0.2, 0) is 0 Å². The molecular formula is C15H21NO2. The Morgan fingerprint density at radius 3 is 2.83 bits per heavy atom. The second kappa shape index (κ2) is 5.91. The molecule has 3 heteroatoms. The van der Waals surface area contributed by atoms with Crippen LogP contribution in [0.5, 0.6) is 11.5 Å². The fourth-order valence-electron chi connectivity index (χ4n) is 2.12. The summed E-state index contributed by atoms with van der Waals surface area (Å²) in [6, 6.07) is 7.92. The van der Waals surface area contributed by atoms with E-state index in [1.165, 1.54) is 0 Å². The van der Waals surface area contributed by atoms with E-state index in [9.17, 15) is 0 Å². The van der Waals surface area contributed by atoms with Gasteiger partial charge in [-0.15, -0.1) is 0 Å². The number of hydrogen-bond donors (Lipinski definition) is 1. The highest BCUT2D eigenvalue weighted by molar-refractivity contribution is 5.41. The van der Waals surface area contributed by atoms with Crippen LogP contribution in [0, 0.1) is 0 Å². The van der Waals surface area contributed by atoms with E-state index < -0.39 is 0 Å². The molecule has 98 valence electrons. The second-order valence-electron chi connectivity index (χ2n) is 4.69. The summed E-state index contributed by atoms with van der Waals surface area (Å²) in [6.07, 6.45) is 1.08. The number of ether oxygens (including phenoxy) is 2. The van der Waals surface area contributed by atoms with Gasteiger partial charge in [0, 0.05) is 0 Å². The summed E-state index contributed by atoms with van der Waals surface area (Å²) in [5, 5.41) is 3.46. The molecule has 0 radical (unpaired) electrons. The molecule has 18 heavy (non-hydrogen) atoms. The molecule has 1 aliphatic heterocycles. The van der Waals surface area contributed by atoms with Crippen molar-refractivity contribution in [2.45, 2.75) is 32.4 Å². The molecule has 1 aliphatic rings. The minimum absolute atomic E-state index is 0.0102. The molecule has 1 aromatic rings. The van der Waals surface area contributed by atoms with Gasteiger partial charge in [0.05, 0.1) is 6.04 Å². The normalized spacial score (nSPS) is 19.3. The zero-order chi connectivity index (χ0) is 13.0. The smallest absolute Gasteiger partial charge is 0.161 e. The van der Waals surface area contributed by atoms with E-state index in [1.807, 2.05) is 31.2 Å². The minimum Gasteiger partial charge on any atom is -0.486 e. The molecule has 0 amide bonds. The third-order valence-electron chi connectivity index (χ3n) is 3.05. The zero-order valence-corrected chi connectivity index (χ0v) is 11.1. The van der Waals surface area contributed by atoms with E-state index in [1.54, 1.807) is 0 Å². The number of fused-ring (bicyclic) bond motifs is 1. The molecular weight excluding hydrogens is 226 g/mol. The van der Waals surface area contributed by atoms with Crippen molar-refractivity contribution >= 4 is 0 Å². The number of nitrogens with one attached hydrogen (secondary N) is 1. The molecule has 2 atom stereocenters. The molecule has 0 aromatic heterocycles. The molecule has 2 unspecified atom stereocenters. The predicted octanol–water partition coefficient (Wildman–Crippen LogP) is 2.77. The lowest BCUT2D eigenvalue weighted by Gasteiger charge is -2.33. The maximum Gasteiger partial charge on any atom is 0.161 e. The highest BCUT2D eigenvalue weighted by atomic mass is 16.6. The molecule has 2 rings (SSSR count). The van der Waals surface area contributed by atoms with Gasteiger partial charge in [-0.2, -0.15) is 0 Å². The van der Waals surface area contributed by atoms with Gasteiger partial charge in [0.2, 0.25) is 0 Å². The average molecular weight is 247 g/mol. The molecule has 0 bridgehead atoms. The Morgan fingerprint density at radius 1 is 1.44 bits per heavy atom. The predicted molar refractivity (Wildman–Crippen MR) is 73.2 cm³/mol. The lowest BCUT2D eigenvalue weighted by molar-refractivity contribution is 0.0711. The van der Waals surface area contributed by atoms with Gasteiger partial charge in [-0.05, 0) is 32.0 Å². The maximum atomic E-state index is 6.00. The van der Waals surface area contributed by atoms with Crippen LogP contribution in [0.4, 0.5) is 0 Å². The van der Waals surface area contributed by atoms with Crippen LogP contribution in [-0.4, -0.2) is 25.3 Å². The Hall–Kier alpha value is -1.48. The van der Waals surface area contributed by atoms with Crippen LogP contribution in [0.15, 0.2) is 36.4 Å². The average Bonchev–Trinajstić information content (AvgIpc) is 2.38. The Kier molecular flexibility index (Phi) is 4.26. The molecule has 1 N–H and O–H groups in total. The van der Waals surface area contributed by atoms with Gasteiger partial charge in [0.25, 0.3) is 0 Å². The van der Waals surface area contributed by atoms with E-state index in [0.717, 1.165) is 30.0 Å². The first-order chi connectivity index (χ1) is 8.72. The van der Waals surface area contributed by atoms with Crippen molar-refractivity contribution < 1.29 is 9.47 Å². The first-order valence-electron chi connectivity index (χ1n) is 6.49. The summed E-state index contributed by atoms with van der Waals surface area (Å²) >= 11 is 0. The van der Waals surface area contributed by atoms with Gasteiger partial charge in [-0.3, -0.25) is 0 Å². The minimum atomic E-state index is -0.0102. The van der Waals surface area contributed by atoms with Crippen molar-refractivity contribution in [2.75, 3.05) is 13.2 Å². The molecule has 0 fully saturated rings. The van der Waals surface area contributed by atoms with Gasteiger partial charge >= 0.3 is 0 Å². The second-order valence-corrected chi connectivity index (χ2v) is 4.69. The molecule has 3 nitrogen and oxygen atoms in total. The van der Waals surface area contributed by atoms with Gasteiger partial charge < -0.3 is 14.8 Å². The number of hydrogen-bond acceptors (Lipinski definition) is 3. The Labute approximate surface area is 109 Å². The van der Waals surface area contributed by atoms with Crippen LogP contribution < -0.4 is 14.8 Å². The van der Waals surface area contributed by atoms with Gasteiger partial charge in [0.15, 0.2) is 17.6 Å². The summed E-state index contributed by atoms with van der Waals surface area (Å²) in [5.74, 6) is 1.64. The van der Waals surface area contributed by atoms with E-state index in [-0.39, 0.29) is 12.1 Å². The molecule has 1 aromatic carbocycles. The van der Waals surface area contributed by atoms with Crippen LogP contribution in [0.3, 0.4) is 0 Å². The van der Waals surface area contributed by atoms with Crippen molar-refractivity contribution in [3.05, 3.63) is 36.4 Å². The summed E-state index contributed by atoms with van der Waals surface area (Å²) in [7, 11) is 0. The summed E-state index contributed by atoms with van der Waals surface area (Å²) in [4.78, 5) is 0. The Morgan fingerprint density at radius 2 is 2.17 bits per heavy atom. The zero-order valence-electron chi connectivity index (χ0n) is 11.1. The molecule has 0 aliphatic carbocycles. The number of rotatable bonds is 5. The maximum absolute atomic E-state index is 6.00. The molecule has 0 saturated heterocycles. The van der Waals surface area contributed by atoms with Crippen LogP contribution in [0.1, 0.15) is 20.3 Å². The lowest BCUT2D eigenvalue weighted by Crippen LogP contribution is -2.48. The van der Waals surface area contributed by atoms with Gasteiger partial charge in [0.1, 0.15) is 6.61 Å². The fraction of sp³-hybridized carbons (Fsp3) is 0.467. The molecule has 0 spiro atoms. The highest BCUT2D eigenvalue weighted by Gasteiger charge is 2.28. The quantitative estimate of drug-likeness (QED) is 0.812. The summed E-state index contributed by atoms with van der Waals surface area (Å²) < 4.78 is 11.7. The van der Waals surface area contributed by atoms with Crippen molar-refractivity contribution in [1.29, 1.82) is 0 Å². The van der Waals surface area contributed by atoms with Gasteiger partial charge in [-0.25, -0.2) is 0 Å². The standard InChI is InChI=1S/C15H21NO2/c1-4-9-16-15(11(2)3)14-10-17-12-7-5-6-8-13(12)18-14/h5-8,14-16H,2,4,9-10H2,1,3H3. The Balaban J connectivity index is 2.08. The summed E-state index contributed by atoms with van der Waals surface area (Å²) in [6.45, 7) is 9.73. The summed E-state index contributed by atoms with van der Waals surface area (Å²) in [5.41, 5.74) is 1.08. The number of benzene rings is 1. The van der Waals surface area contributed by atoms with Crippen LogP contribution in [0.25, 0.3) is 0 Å². The third kappa shape index (κ3) is 2.85. The van der Waals surface area contributed by atoms with Crippen molar-refractivity contribution in [1.82, 2.24) is 5.32 Å². The van der Waals surface area contributed by atoms with Crippen LogP contribution >= 0.6 is 0 Å². The van der Waals surface area contributed by atoms with Crippen LogP contribution in [0.2, 0.25) is 0 Å².